The van der Waals surface area contributed by atoms with E-state index in [1.54, 1.807) is 23.9 Å². The molecular formula is C45H50FN9O4. The Balaban J connectivity index is 0.744. The summed E-state index contributed by atoms with van der Waals surface area (Å²) in [4.78, 5) is 65.7. The number of anilines is 2. The Morgan fingerprint density at radius 1 is 0.814 bits per heavy atom. The monoisotopic (exact) mass is 799 g/mol. The van der Waals surface area contributed by atoms with Gasteiger partial charge in [-0.15, -0.1) is 0 Å². The van der Waals surface area contributed by atoms with Crippen LogP contribution in [-0.4, -0.2) is 94.1 Å². The molecule has 3 aromatic heterocycles. The second kappa shape index (κ2) is 14.8. The van der Waals surface area contributed by atoms with Crippen LogP contribution in [0.3, 0.4) is 0 Å². The Labute approximate surface area is 341 Å². The van der Waals surface area contributed by atoms with E-state index in [9.17, 15) is 19.2 Å². The van der Waals surface area contributed by atoms with Crippen LogP contribution in [0.25, 0.3) is 33.5 Å². The molecule has 4 fully saturated rings. The molecular weight excluding hydrogens is 750 g/mol. The lowest BCUT2D eigenvalue weighted by atomic mass is 9.78. The van der Waals surface area contributed by atoms with Gasteiger partial charge in [-0.05, 0) is 92.6 Å². The molecule has 5 aliphatic rings. The maximum atomic E-state index is 15.8. The van der Waals surface area contributed by atoms with Crippen molar-refractivity contribution in [3.05, 3.63) is 88.4 Å². The molecule has 2 aromatic carbocycles. The van der Waals surface area contributed by atoms with E-state index in [-0.39, 0.29) is 35.2 Å². The third-order valence-electron chi connectivity index (χ3n) is 13.9. The topological polar surface area (TPSA) is 141 Å². The van der Waals surface area contributed by atoms with Crippen LogP contribution < -0.4 is 26.1 Å². The van der Waals surface area contributed by atoms with Gasteiger partial charge in [-0.1, -0.05) is 12.8 Å². The Bertz CT molecular complexity index is 2540. The van der Waals surface area contributed by atoms with Gasteiger partial charge in [0, 0.05) is 111 Å². The fourth-order valence-corrected chi connectivity index (χ4v) is 10.5. The van der Waals surface area contributed by atoms with Crippen molar-refractivity contribution in [1.82, 2.24) is 34.6 Å². The molecule has 0 radical (unpaired) electrons. The van der Waals surface area contributed by atoms with Gasteiger partial charge in [-0.3, -0.25) is 38.7 Å². The van der Waals surface area contributed by atoms with E-state index in [2.05, 4.69) is 35.3 Å². The lowest BCUT2D eigenvalue weighted by Crippen LogP contribution is -2.49. The number of nitrogens with zero attached hydrogens (tertiary/aromatic N) is 6. The van der Waals surface area contributed by atoms with Gasteiger partial charge >= 0.3 is 5.69 Å². The third-order valence-corrected chi connectivity index (χ3v) is 13.9. The normalized spacial score (nSPS) is 21.3. The van der Waals surface area contributed by atoms with Crippen LogP contribution in [0, 0.1) is 11.7 Å². The first-order valence-corrected chi connectivity index (χ1v) is 21.2. The number of aromatic amines is 1. The zero-order chi connectivity index (χ0) is 40.4. The van der Waals surface area contributed by atoms with Crippen molar-refractivity contribution in [1.29, 1.82) is 0 Å². The van der Waals surface area contributed by atoms with Gasteiger partial charge in [-0.2, -0.15) is 0 Å². The van der Waals surface area contributed by atoms with Gasteiger partial charge in [0.2, 0.25) is 11.8 Å². The quantitative estimate of drug-likeness (QED) is 0.193. The predicted octanol–water partition coefficient (Wildman–Crippen LogP) is 5.11. The van der Waals surface area contributed by atoms with E-state index >= 15 is 4.39 Å². The van der Waals surface area contributed by atoms with Crippen LogP contribution in [0.1, 0.15) is 73.5 Å². The second-order valence-electron chi connectivity index (χ2n) is 17.3. The van der Waals surface area contributed by atoms with Crippen molar-refractivity contribution in [2.75, 3.05) is 62.2 Å². The number of aromatic nitrogens is 4. The van der Waals surface area contributed by atoms with Crippen LogP contribution >= 0.6 is 0 Å². The number of imide groups is 1. The molecule has 1 spiro atoms. The number of amides is 3. The molecule has 306 valence electrons. The average Bonchev–Trinajstić information content (AvgIpc) is 3.98. The number of fused-ring (bicyclic) bond motifs is 3. The number of benzene rings is 2. The van der Waals surface area contributed by atoms with Gasteiger partial charge in [0.05, 0.1) is 22.3 Å². The van der Waals surface area contributed by atoms with Crippen LogP contribution in [0.4, 0.5) is 15.8 Å². The molecule has 59 heavy (non-hydrogen) atoms. The highest BCUT2D eigenvalue weighted by Gasteiger charge is 2.43. The lowest BCUT2D eigenvalue weighted by Gasteiger charge is -2.40. The number of piperazine rings is 1. The number of piperidine rings is 2. The zero-order valence-electron chi connectivity index (χ0n) is 33.4. The van der Waals surface area contributed by atoms with E-state index < -0.39 is 11.9 Å². The summed E-state index contributed by atoms with van der Waals surface area (Å²) in [5.41, 5.74) is 7.64. The summed E-state index contributed by atoms with van der Waals surface area (Å²) >= 11 is 0. The SMILES string of the molecule is Cn1c(=O)n(C2CCC(=O)NC2=O)c2ccc(N3CCC(CN4CCN(c5ccc(-c6cc(-c7cc8c([nH]7)C7(CCCC7)CNC8=O)ccn6)c(F)c5)CC4)CC3)cc21. The maximum Gasteiger partial charge on any atom is 0.329 e. The molecule has 10 rings (SSSR count). The van der Waals surface area contributed by atoms with Gasteiger partial charge in [-0.25, -0.2) is 9.18 Å². The van der Waals surface area contributed by atoms with Crippen LogP contribution in [0.15, 0.2) is 65.6 Å². The minimum Gasteiger partial charge on any atom is -0.371 e. The molecule has 5 aromatic rings. The minimum absolute atomic E-state index is 0.0237. The first-order valence-electron chi connectivity index (χ1n) is 21.2. The minimum atomic E-state index is -0.694. The standard InChI is InChI=1S/C45H50FN9O4/c1-51-39-24-31(5-7-37(39)55(44(51)59)38-8-9-40(56)50-43(38)58)53-16-11-28(12-17-53)26-52-18-20-54(21-19-52)30-4-6-32(34(46)23-30)36-22-29(10-15-47-36)35-25-33-41(49-35)45(13-2-3-14-45)27-48-42(33)57/h4-7,10,15,22-25,28,38,49H,2-3,8-9,11-14,16-21,26-27H2,1H3,(H,48,57)(H,50,56,58). The summed E-state index contributed by atoms with van der Waals surface area (Å²) in [5, 5.41) is 5.48. The highest BCUT2D eigenvalue weighted by Crippen LogP contribution is 2.45. The summed E-state index contributed by atoms with van der Waals surface area (Å²) in [7, 11) is 1.73. The second-order valence-corrected chi connectivity index (χ2v) is 17.3. The molecule has 7 heterocycles. The van der Waals surface area contributed by atoms with E-state index in [0.717, 1.165) is 124 Å². The Hall–Kier alpha value is -5.76. The predicted molar refractivity (Wildman–Crippen MR) is 224 cm³/mol. The molecule has 0 bridgehead atoms. The van der Waals surface area contributed by atoms with Crippen LogP contribution in [0.5, 0.6) is 0 Å². The molecule has 3 saturated heterocycles. The van der Waals surface area contributed by atoms with Gasteiger partial charge in [0.1, 0.15) is 11.9 Å². The van der Waals surface area contributed by atoms with E-state index in [1.807, 2.05) is 48.5 Å². The highest BCUT2D eigenvalue weighted by molar-refractivity contribution is 6.00. The number of H-pyrrole nitrogens is 1. The average molecular weight is 800 g/mol. The fourth-order valence-electron chi connectivity index (χ4n) is 10.5. The maximum absolute atomic E-state index is 15.8. The molecule has 1 atom stereocenters. The molecule has 1 saturated carbocycles. The molecule has 3 N–H and O–H groups in total. The van der Waals surface area contributed by atoms with Crippen molar-refractivity contribution < 1.29 is 18.8 Å². The number of carbonyl (C=O) groups is 3. The third kappa shape index (κ3) is 6.70. The smallest absolute Gasteiger partial charge is 0.329 e. The molecule has 13 nitrogen and oxygen atoms in total. The van der Waals surface area contributed by atoms with Crippen molar-refractivity contribution in [3.63, 3.8) is 0 Å². The zero-order valence-corrected chi connectivity index (χ0v) is 33.4. The number of rotatable bonds is 7. The summed E-state index contributed by atoms with van der Waals surface area (Å²) in [6.45, 7) is 7.05. The highest BCUT2D eigenvalue weighted by atomic mass is 19.1. The van der Waals surface area contributed by atoms with E-state index in [4.69, 9.17) is 0 Å². The van der Waals surface area contributed by atoms with Crippen molar-refractivity contribution in [3.8, 4) is 22.5 Å². The molecule has 1 aliphatic carbocycles. The fraction of sp³-hybridized carbons (Fsp3) is 0.444. The number of pyridine rings is 1. The first-order chi connectivity index (χ1) is 28.6. The molecule has 4 aliphatic heterocycles. The van der Waals surface area contributed by atoms with Gasteiger partial charge < -0.3 is 20.1 Å². The van der Waals surface area contributed by atoms with Crippen LogP contribution in [-0.2, 0) is 22.1 Å². The Morgan fingerprint density at radius 3 is 2.32 bits per heavy atom. The van der Waals surface area contributed by atoms with E-state index in [0.29, 0.717) is 35.7 Å². The Morgan fingerprint density at radius 2 is 1.56 bits per heavy atom. The number of imidazole rings is 1. The largest absolute Gasteiger partial charge is 0.371 e. The first kappa shape index (κ1) is 37.5. The molecule has 14 heteroatoms. The summed E-state index contributed by atoms with van der Waals surface area (Å²) in [6.07, 6.45) is 8.83. The summed E-state index contributed by atoms with van der Waals surface area (Å²) in [6, 6.07) is 16.5. The molecule has 3 amide bonds. The number of carbonyl (C=O) groups excluding carboxylic acids is 3. The number of nitrogens with one attached hydrogen (secondary N) is 3. The van der Waals surface area contributed by atoms with Crippen molar-refractivity contribution >= 4 is 40.1 Å². The van der Waals surface area contributed by atoms with Gasteiger partial charge in [0.25, 0.3) is 5.91 Å². The van der Waals surface area contributed by atoms with Gasteiger partial charge in [0.15, 0.2) is 0 Å². The van der Waals surface area contributed by atoms with E-state index in [1.165, 1.54) is 4.57 Å². The Kier molecular flexibility index (Phi) is 9.41. The van der Waals surface area contributed by atoms with Crippen molar-refractivity contribution in [2.45, 2.75) is 62.8 Å². The number of hydrogen-bond donors (Lipinski definition) is 3. The van der Waals surface area contributed by atoms with Crippen molar-refractivity contribution in [2.24, 2.45) is 13.0 Å². The number of halogens is 1. The lowest BCUT2D eigenvalue weighted by molar-refractivity contribution is -0.135. The van der Waals surface area contributed by atoms with Crippen LogP contribution in [0.2, 0.25) is 0 Å². The number of aryl methyl sites for hydroxylation is 1. The summed E-state index contributed by atoms with van der Waals surface area (Å²) in [5.74, 6) is -0.487. The summed E-state index contributed by atoms with van der Waals surface area (Å²) < 4.78 is 19.0. The number of hydrogen-bond acceptors (Lipinski definition) is 8. The molecule has 1 unspecified atom stereocenters.